The van der Waals surface area contributed by atoms with Crippen LogP contribution < -0.4 is 10.1 Å². The van der Waals surface area contributed by atoms with Crippen LogP contribution in [0.25, 0.3) is 0 Å². The van der Waals surface area contributed by atoms with Crippen molar-refractivity contribution in [2.24, 2.45) is 0 Å². The Kier molecular flexibility index (Phi) is 3.27. The van der Waals surface area contributed by atoms with Crippen LogP contribution in [0.2, 0.25) is 0 Å². The lowest BCUT2D eigenvalue weighted by atomic mass is 10.2. The summed E-state index contributed by atoms with van der Waals surface area (Å²) in [5.41, 5.74) is 1.98. The van der Waals surface area contributed by atoms with Gasteiger partial charge in [-0.15, -0.1) is 0 Å². The van der Waals surface area contributed by atoms with Crippen LogP contribution in [0.4, 0.5) is 5.82 Å². The fourth-order valence-corrected chi connectivity index (χ4v) is 1.54. The molecule has 2 aromatic heterocycles. The third kappa shape index (κ3) is 2.55. The van der Waals surface area contributed by atoms with E-state index in [0.717, 1.165) is 28.6 Å². The minimum absolute atomic E-state index is 0.653. The molecule has 0 atom stereocenters. The molecule has 0 saturated heterocycles. The van der Waals surface area contributed by atoms with E-state index in [1.165, 1.54) is 0 Å². The zero-order chi connectivity index (χ0) is 12.3. The van der Waals surface area contributed by atoms with E-state index >= 15 is 0 Å². The lowest BCUT2D eigenvalue weighted by Gasteiger charge is -2.05. The van der Waals surface area contributed by atoms with Crippen LogP contribution in [0.15, 0.2) is 22.9 Å². The number of anilines is 1. The zero-order valence-corrected chi connectivity index (χ0v) is 10.2. The second kappa shape index (κ2) is 4.86. The van der Waals surface area contributed by atoms with E-state index in [9.17, 15) is 0 Å². The first kappa shape index (κ1) is 11.4. The molecule has 0 radical (unpaired) electrons. The van der Waals surface area contributed by atoms with Crippen molar-refractivity contribution >= 4 is 5.82 Å². The van der Waals surface area contributed by atoms with Gasteiger partial charge in [0.2, 0.25) is 0 Å². The summed E-state index contributed by atoms with van der Waals surface area (Å²) >= 11 is 0. The summed E-state index contributed by atoms with van der Waals surface area (Å²) in [4.78, 5) is 4.22. The van der Waals surface area contributed by atoms with Gasteiger partial charge in [-0.2, -0.15) is 0 Å². The number of ether oxygens (including phenoxy) is 1. The van der Waals surface area contributed by atoms with Gasteiger partial charge in [0, 0.05) is 12.1 Å². The first-order valence-corrected chi connectivity index (χ1v) is 5.36. The molecule has 5 heteroatoms. The van der Waals surface area contributed by atoms with Crippen molar-refractivity contribution in [1.82, 2.24) is 10.1 Å². The average molecular weight is 233 g/mol. The van der Waals surface area contributed by atoms with Gasteiger partial charge in [-0.1, -0.05) is 5.16 Å². The Bertz CT molecular complexity index is 471. The smallest absolute Gasteiger partial charge is 0.138 e. The highest BCUT2D eigenvalue weighted by molar-refractivity contribution is 5.39. The molecule has 0 fully saturated rings. The zero-order valence-electron chi connectivity index (χ0n) is 10.2. The molecule has 0 saturated carbocycles. The average Bonchev–Trinajstić information content (AvgIpc) is 2.67. The van der Waals surface area contributed by atoms with E-state index in [4.69, 9.17) is 9.26 Å². The highest BCUT2D eigenvalue weighted by atomic mass is 16.5. The van der Waals surface area contributed by atoms with Gasteiger partial charge >= 0.3 is 0 Å². The molecule has 0 aliphatic rings. The summed E-state index contributed by atoms with van der Waals surface area (Å²) < 4.78 is 10.1. The predicted octanol–water partition coefficient (Wildman–Crippen LogP) is 2.31. The van der Waals surface area contributed by atoms with Gasteiger partial charge in [0.25, 0.3) is 0 Å². The lowest BCUT2D eigenvalue weighted by molar-refractivity contribution is 0.392. The molecule has 90 valence electrons. The van der Waals surface area contributed by atoms with Crippen molar-refractivity contribution < 1.29 is 9.26 Å². The third-order valence-corrected chi connectivity index (χ3v) is 2.60. The molecule has 17 heavy (non-hydrogen) atoms. The fourth-order valence-electron chi connectivity index (χ4n) is 1.54. The molecule has 0 bridgehead atoms. The number of rotatable bonds is 4. The molecule has 0 aromatic carbocycles. The number of methoxy groups -OCH3 is 1. The summed E-state index contributed by atoms with van der Waals surface area (Å²) in [6.45, 7) is 4.48. The molecule has 0 unspecified atom stereocenters. The van der Waals surface area contributed by atoms with Crippen LogP contribution >= 0.6 is 0 Å². The van der Waals surface area contributed by atoms with Gasteiger partial charge in [-0.25, -0.2) is 4.98 Å². The van der Waals surface area contributed by atoms with E-state index in [1.54, 1.807) is 13.3 Å². The minimum atomic E-state index is 0.653. The first-order valence-electron chi connectivity index (χ1n) is 5.36. The van der Waals surface area contributed by atoms with E-state index in [2.05, 4.69) is 15.5 Å². The molecule has 5 nitrogen and oxygen atoms in total. The molecule has 0 amide bonds. The van der Waals surface area contributed by atoms with Crippen LogP contribution in [0.5, 0.6) is 5.75 Å². The summed E-state index contributed by atoms with van der Waals surface area (Å²) in [6, 6.07) is 3.74. The minimum Gasteiger partial charge on any atom is -0.495 e. The van der Waals surface area contributed by atoms with Crippen molar-refractivity contribution in [3.63, 3.8) is 0 Å². The summed E-state index contributed by atoms with van der Waals surface area (Å²) in [5, 5.41) is 7.11. The summed E-state index contributed by atoms with van der Waals surface area (Å²) in [6.07, 6.45) is 1.68. The molecule has 1 N–H and O–H groups in total. The largest absolute Gasteiger partial charge is 0.495 e. The Labute approximate surface area is 99.8 Å². The van der Waals surface area contributed by atoms with Gasteiger partial charge < -0.3 is 14.6 Å². The van der Waals surface area contributed by atoms with Crippen molar-refractivity contribution in [2.75, 3.05) is 12.4 Å². The van der Waals surface area contributed by atoms with Crippen LogP contribution in [-0.4, -0.2) is 17.3 Å². The summed E-state index contributed by atoms with van der Waals surface area (Å²) in [5.74, 6) is 2.38. The van der Waals surface area contributed by atoms with Crippen LogP contribution in [0.3, 0.4) is 0 Å². The monoisotopic (exact) mass is 233 g/mol. The van der Waals surface area contributed by atoms with Crippen LogP contribution in [0, 0.1) is 13.8 Å². The lowest BCUT2D eigenvalue weighted by Crippen LogP contribution is -2.02. The number of aromatic nitrogens is 2. The molecular weight excluding hydrogens is 218 g/mol. The Balaban J connectivity index is 2.02. The maximum Gasteiger partial charge on any atom is 0.138 e. The van der Waals surface area contributed by atoms with E-state index < -0.39 is 0 Å². The second-order valence-electron chi connectivity index (χ2n) is 3.74. The number of pyridine rings is 1. The van der Waals surface area contributed by atoms with Crippen molar-refractivity contribution in [3.8, 4) is 5.75 Å². The van der Waals surface area contributed by atoms with Crippen molar-refractivity contribution in [1.29, 1.82) is 0 Å². The Morgan fingerprint density at radius 2 is 2.18 bits per heavy atom. The third-order valence-electron chi connectivity index (χ3n) is 2.60. The van der Waals surface area contributed by atoms with Gasteiger partial charge in [-0.05, 0) is 26.0 Å². The predicted molar refractivity (Wildman–Crippen MR) is 64.1 cm³/mol. The normalized spacial score (nSPS) is 10.3. The molecular formula is C12H15N3O2. The molecule has 2 rings (SSSR count). The second-order valence-corrected chi connectivity index (χ2v) is 3.74. The SMILES string of the molecule is COc1ccc(NCc2c(C)noc2C)nc1. The van der Waals surface area contributed by atoms with Crippen molar-refractivity contribution in [2.45, 2.75) is 20.4 Å². The highest BCUT2D eigenvalue weighted by Gasteiger charge is 2.08. The Morgan fingerprint density at radius 1 is 1.35 bits per heavy atom. The maximum absolute atomic E-state index is 5.09. The van der Waals surface area contributed by atoms with E-state index in [0.29, 0.717) is 6.54 Å². The van der Waals surface area contributed by atoms with Gasteiger partial charge in [0.15, 0.2) is 0 Å². The number of hydrogen-bond donors (Lipinski definition) is 1. The molecule has 0 aliphatic heterocycles. The van der Waals surface area contributed by atoms with E-state index in [-0.39, 0.29) is 0 Å². The van der Waals surface area contributed by atoms with Crippen LogP contribution in [-0.2, 0) is 6.54 Å². The topological polar surface area (TPSA) is 60.2 Å². The van der Waals surface area contributed by atoms with E-state index in [1.807, 2.05) is 26.0 Å². The quantitative estimate of drug-likeness (QED) is 0.878. The number of nitrogens with one attached hydrogen (secondary N) is 1. The van der Waals surface area contributed by atoms with Crippen LogP contribution in [0.1, 0.15) is 17.0 Å². The Hall–Kier alpha value is -2.04. The fraction of sp³-hybridized carbons (Fsp3) is 0.333. The van der Waals surface area contributed by atoms with Crippen molar-refractivity contribution in [3.05, 3.63) is 35.3 Å². The van der Waals surface area contributed by atoms with Gasteiger partial charge in [-0.3, -0.25) is 0 Å². The van der Waals surface area contributed by atoms with Gasteiger partial charge in [0.1, 0.15) is 17.3 Å². The maximum atomic E-state index is 5.09. The molecule has 0 aliphatic carbocycles. The first-order chi connectivity index (χ1) is 8.20. The standard InChI is InChI=1S/C12H15N3O2/c1-8-11(9(2)17-15-8)7-14-12-5-4-10(16-3)6-13-12/h4-6H,7H2,1-3H3,(H,13,14). The number of nitrogens with zero attached hydrogens (tertiary/aromatic N) is 2. The molecule has 0 spiro atoms. The van der Waals surface area contributed by atoms with Gasteiger partial charge in [0.05, 0.1) is 19.0 Å². The highest BCUT2D eigenvalue weighted by Crippen LogP contribution is 2.15. The molecule has 2 heterocycles. The Morgan fingerprint density at radius 3 is 2.71 bits per heavy atom. The summed E-state index contributed by atoms with van der Waals surface area (Å²) in [7, 11) is 1.62. The molecule has 2 aromatic rings. The number of hydrogen-bond acceptors (Lipinski definition) is 5. The number of aryl methyl sites for hydroxylation is 2.